The van der Waals surface area contributed by atoms with Crippen LogP contribution in [-0.4, -0.2) is 63.6 Å². The number of fused-ring (bicyclic) bond motifs is 1. The highest BCUT2D eigenvalue weighted by Crippen LogP contribution is 2.34. The summed E-state index contributed by atoms with van der Waals surface area (Å²) in [5.41, 5.74) is 7.51. The Morgan fingerprint density at radius 2 is 2.13 bits per heavy atom. The van der Waals surface area contributed by atoms with Crippen LogP contribution in [-0.2, 0) is 17.1 Å². The van der Waals surface area contributed by atoms with Gasteiger partial charge in [0.05, 0.1) is 23.3 Å². The monoisotopic (exact) mass is 429 g/mol. The predicted octanol–water partition coefficient (Wildman–Crippen LogP) is 2.10. The van der Waals surface area contributed by atoms with Crippen LogP contribution >= 0.6 is 0 Å². The molecule has 8 nitrogen and oxygen atoms in total. The van der Waals surface area contributed by atoms with Gasteiger partial charge < -0.3 is 15.5 Å². The van der Waals surface area contributed by atoms with E-state index < -0.39 is 17.7 Å². The number of primary amides is 1. The lowest BCUT2D eigenvalue weighted by Crippen LogP contribution is -2.31. The van der Waals surface area contributed by atoms with E-state index in [0.717, 1.165) is 43.0 Å². The summed E-state index contributed by atoms with van der Waals surface area (Å²) in [6.07, 6.45) is 5.93. The van der Waals surface area contributed by atoms with E-state index in [1.165, 1.54) is 6.20 Å². The molecule has 2 N–H and O–H groups in total. The highest BCUT2D eigenvalue weighted by molar-refractivity contribution is 5.94. The van der Waals surface area contributed by atoms with E-state index >= 15 is 0 Å². The zero-order valence-electron chi connectivity index (χ0n) is 17.7. The van der Waals surface area contributed by atoms with E-state index in [1.54, 1.807) is 22.9 Å². The van der Waals surface area contributed by atoms with Crippen LogP contribution in [0.1, 0.15) is 24.9 Å². The first-order chi connectivity index (χ1) is 14.6. The number of nitrogens with zero attached hydrogens (tertiary/aromatic N) is 6. The Morgan fingerprint density at radius 1 is 1.35 bits per heavy atom. The lowest BCUT2D eigenvalue weighted by molar-refractivity contribution is -0.117. The first-order valence-corrected chi connectivity index (χ1v) is 10.0. The number of rotatable bonds is 6. The zero-order chi connectivity index (χ0) is 22.3. The van der Waals surface area contributed by atoms with E-state index in [-0.39, 0.29) is 6.42 Å². The van der Waals surface area contributed by atoms with Crippen LogP contribution in [0.25, 0.3) is 16.7 Å². The van der Waals surface area contributed by atoms with Gasteiger partial charge in [0, 0.05) is 50.0 Å². The molecule has 0 spiro atoms. The predicted molar refractivity (Wildman–Crippen MR) is 113 cm³/mol. The summed E-state index contributed by atoms with van der Waals surface area (Å²) in [6.45, 7) is 2.48. The number of aromatic nitrogens is 4. The van der Waals surface area contributed by atoms with Crippen molar-refractivity contribution in [1.29, 1.82) is 0 Å². The minimum atomic E-state index is -3.16. The molecule has 3 aromatic heterocycles. The second-order valence-corrected chi connectivity index (χ2v) is 8.20. The van der Waals surface area contributed by atoms with Gasteiger partial charge in [-0.15, -0.1) is 0 Å². The smallest absolute Gasteiger partial charge is 0.303 e. The van der Waals surface area contributed by atoms with Crippen molar-refractivity contribution in [3.63, 3.8) is 0 Å². The van der Waals surface area contributed by atoms with Crippen LogP contribution in [0.2, 0.25) is 0 Å². The molecule has 0 saturated carbocycles. The maximum absolute atomic E-state index is 13.8. The molecule has 1 atom stereocenters. The Morgan fingerprint density at radius 3 is 2.77 bits per heavy atom. The third-order valence-corrected chi connectivity index (χ3v) is 5.60. The molecule has 10 heteroatoms. The van der Waals surface area contributed by atoms with E-state index in [9.17, 15) is 13.6 Å². The van der Waals surface area contributed by atoms with Gasteiger partial charge in [-0.1, -0.05) is 0 Å². The highest BCUT2D eigenvalue weighted by atomic mass is 19.3. The fraction of sp³-hybridized carbons (Fsp3) is 0.429. The fourth-order valence-electron chi connectivity index (χ4n) is 3.94. The van der Waals surface area contributed by atoms with Crippen molar-refractivity contribution >= 4 is 22.5 Å². The minimum absolute atomic E-state index is 0.00900. The molecule has 1 saturated heterocycles. The Bertz CT molecular complexity index is 1120. The first kappa shape index (κ1) is 21.1. The summed E-state index contributed by atoms with van der Waals surface area (Å²) in [6, 6.07) is 3.76. The number of hydrogen-bond acceptors (Lipinski definition) is 6. The van der Waals surface area contributed by atoms with Gasteiger partial charge in [0.15, 0.2) is 0 Å². The van der Waals surface area contributed by atoms with Crippen LogP contribution in [0.3, 0.4) is 0 Å². The molecule has 164 valence electrons. The summed E-state index contributed by atoms with van der Waals surface area (Å²) < 4.78 is 29.4. The van der Waals surface area contributed by atoms with Crippen LogP contribution in [0.5, 0.6) is 0 Å². The van der Waals surface area contributed by atoms with Gasteiger partial charge in [-0.3, -0.25) is 14.3 Å². The third-order valence-electron chi connectivity index (χ3n) is 5.60. The zero-order valence-corrected chi connectivity index (χ0v) is 17.7. The molecule has 4 rings (SSSR count). The molecular weight excluding hydrogens is 404 g/mol. The summed E-state index contributed by atoms with van der Waals surface area (Å²) in [7, 11) is 4.12. The van der Waals surface area contributed by atoms with Gasteiger partial charge in [-0.2, -0.15) is 8.78 Å². The number of pyridine rings is 1. The SMILES string of the molecule is CN(C)C1CCN(c2cn(-c3ccnc(C(C)(F)F)n3)c3cc(CC(N)=O)ncc23)C1. The first-order valence-electron chi connectivity index (χ1n) is 10.0. The molecule has 0 aliphatic carbocycles. The van der Waals surface area contributed by atoms with Crippen LogP contribution in [0.15, 0.2) is 30.7 Å². The summed E-state index contributed by atoms with van der Waals surface area (Å²) >= 11 is 0. The number of anilines is 1. The molecule has 1 amide bonds. The quantitative estimate of drug-likeness (QED) is 0.645. The Hall–Kier alpha value is -3.14. The van der Waals surface area contributed by atoms with Crippen molar-refractivity contribution in [2.45, 2.75) is 31.7 Å². The number of carbonyl (C=O) groups excluding carboxylic acids is 1. The van der Waals surface area contributed by atoms with Crippen molar-refractivity contribution in [2.75, 3.05) is 32.1 Å². The number of alkyl halides is 2. The van der Waals surface area contributed by atoms with E-state index in [0.29, 0.717) is 17.6 Å². The summed E-state index contributed by atoms with van der Waals surface area (Å²) in [4.78, 5) is 28.1. The van der Waals surface area contributed by atoms with E-state index in [2.05, 4.69) is 38.8 Å². The van der Waals surface area contributed by atoms with Crippen LogP contribution in [0.4, 0.5) is 14.5 Å². The van der Waals surface area contributed by atoms with Crippen LogP contribution < -0.4 is 10.6 Å². The second-order valence-electron chi connectivity index (χ2n) is 8.20. The van der Waals surface area contributed by atoms with E-state index in [1.807, 2.05) is 6.20 Å². The molecule has 0 radical (unpaired) electrons. The molecule has 3 aromatic rings. The number of hydrogen-bond donors (Lipinski definition) is 1. The highest BCUT2D eigenvalue weighted by Gasteiger charge is 2.30. The van der Waals surface area contributed by atoms with Crippen molar-refractivity contribution < 1.29 is 13.6 Å². The molecule has 1 unspecified atom stereocenters. The number of likely N-dealkylation sites (N-methyl/N-ethyl adjacent to an activating group) is 1. The topological polar surface area (TPSA) is 93.2 Å². The lowest BCUT2D eigenvalue weighted by Gasteiger charge is -2.21. The molecule has 1 aliphatic rings. The average molecular weight is 429 g/mol. The molecule has 31 heavy (non-hydrogen) atoms. The normalized spacial score (nSPS) is 17.1. The Labute approximate surface area is 178 Å². The van der Waals surface area contributed by atoms with Crippen LogP contribution in [0, 0.1) is 0 Å². The van der Waals surface area contributed by atoms with Crippen molar-refractivity contribution in [3.8, 4) is 5.82 Å². The summed E-state index contributed by atoms with van der Waals surface area (Å²) in [5.74, 6) is -3.88. The molecule has 1 fully saturated rings. The second kappa shape index (κ2) is 7.84. The largest absolute Gasteiger partial charge is 0.369 e. The van der Waals surface area contributed by atoms with Gasteiger partial charge >= 0.3 is 5.92 Å². The Kier molecular flexibility index (Phi) is 5.34. The van der Waals surface area contributed by atoms with Gasteiger partial charge in [-0.25, -0.2) is 9.97 Å². The average Bonchev–Trinajstić information content (AvgIpc) is 3.31. The molecule has 4 heterocycles. The molecule has 1 aliphatic heterocycles. The maximum atomic E-state index is 13.8. The van der Waals surface area contributed by atoms with Gasteiger partial charge in [0.25, 0.3) is 0 Å². The standard InChI is InChI=1S/C21H25F2N7O/c1-21(22,23)20-25-6-4-19(27-20)30-12-17(29-7-5-14(11-29)28(2)3)15-10-26-13(8-16(15)30)9-18(24)31/h4,6,8,10,12,14H,5,7,9,11H2,1-3H3,(H2,24,31). The number of nitrogens with two attached hydrogens (primary N) is 1. The minimum Gasteiger partial charge on any atom is -0.369 e. The van der Waals surface area contributed by atoms with Crippen molar-refractivity contribution in [3.05, 3.63) is 42.2 Å². The molecule has 0 aromatic carbocycles. The maximum Gasteiger partial charge on any atom is 0.303 e. The van der Waals surface area contributed by atoms with E-state index in [4.69, 9.17) is 5.73 Å². The number of amides is 1. The van der Waals surface area contributed by atoms with Gasteiger partial charge in [0.2, 0.25) is 11.7 Å². The van der Waals surface area contributed by atoms with Crippen molar-refractivity contribution in [2.24, 2.45) is 5.73 Å². The number of halogens is 2. The fourth-order valence-corrected chi connectivity index (χ4v) is 3.94. The molecular formula is C21H25F2N7O. The number of carbonyl (C=O) groups is 1. The third kappa shape index (κ3) is 4.20. The Balaban J connectivity index is 1.85. The van der Waals surface area contributed by atoms with Crippen molar-refractivity contribution in [1.82, 2.24) is 24.4 Å². The lowest BCUT2D eigenvalue weighted by atomic mass is 10.2. The van der Waals surface area contributed by atoms with Gasteiger partial charge in [0.1, 0.15) is 5.82 Å². The van der Waals surface area contributed by atoms with Gasteiger partial charge in [-0.05, 0) is 32.6 Å². The summed E-state index contributed by atoms with van der Waals surface area (Å²) in [5, 5.41) is 0.857. The molecule has 0 bridgehead atoms.